The Balaban J connectivity index is 2.34. The number of nitrogens with one attached hydrogen (secondary N) is 1. The van der Waals surface area contributed by atoms with Gasteiger partial charge in [-0.15, -0.1) is 11.3 Å². The van der Waals surface area contributed by atoms with Crippen LogP contribution in [0.5, 0.6) is 0 Å². The van der Waals surface area contributed by atoms with Crippen molar-refractivity contribution in [2.45, 2.75) is 33.2 Å². The van der Waals surface area contributed by atoms with Crippen LogP contribution >= 0.6 is 11.3 Å². The molecule has 2 aromatic rings. The highest BCUT2D eigenvalue weighted by Crippen LogP contribution is 2.11. The van der Waals surface area contributed by atoms with Gasteiger partial charge in [0.25, 0.3) is 5.91 Å². The van der Waals surface area contributed by atoms with E-state index in [0.29, 0.717) is 23.3 Å². The maximum absolute atomic E-state index is 12.3. The van der Waals surface area contributed by atoms with E-state index in [1.165, 1.54) is 11.3 Å². The van der Waals surface area contributed by atoms with Crippen molar-refractivity contribution in [3.05, 3.63) is 51.8 Å². The predicted molar refractivity (Wildman–Crippen MR) is 91.4 cm³/mol. The fraction of sp³-hybridized carbons (Fsp3) is 0.353. The third kappa shape index (κ3) is 4.16. The summed E-state index contributed by atoms with van der Waals surface area (Å²) in [5, 5.41) is 4.66. The number of carbonyl (C=O) groups is 2. The molecule has 0 saturated heterocycles. The Bertz CT molecular complexity index is 744. The number of rotatable bonds is 5. The predicted octanol–water partition coefficient (Wildman–Crippen LogP) is 2.69. The Kier molecular flexibility index (Phi) is 5.87. The van der Waals surface area contributed by atoms with Crippen molar-refractivity contribution in [1.82, 2.24) is 9.88 Å². The molecule has 0 aliphatic rings. The van der Waals surface area contributed by atoms with Gasteiger partial charge in [0.05, 0.1) is 0 Å². The summed E-state index contributed by atoms with van der Waals surface area (Å²) in [6.45, 7) is 6.37. The summed E-state index contributed by atoms with van der Waals surface area (Å²) in [5.41, 5.74) is 1.64. The van der Waals surface area contributed by atoms with E-state index in [2.05, 4.69) is 10.3 Å². The molecule has 1 N–H and O–H groups in total. The van der Waals surface area contributed by atoms with Gasteiger partial charge in [-0.25, -0.2) is 0 Å². The van der Waals surface area contributed by atoms with Gasteiger partial charge in [0.15, 0.2) is 4.80 Å². The van der Waals surface area contributed by atoms with E-state index < -0.39 is 0 Å². The van der Waals surface area contributed by atoms with Crippen LogP contribution in [0.25, 0.3) is 0 Å². The first kappa shape index (κ1) is 17.1. The minimum Gasteiger partial charge on any atom is -0.355 e. The topological polar surface area (TPSA) is 63.5 Å². The number of aromatic nitrogens is 1. The molecule has 5 nitrogen and oxygen atoms in total. The van der Waals surface area contributed by atoms with E-state index in [1.807, 2.05) is 38.3 Å². The summed E-state index contributed by atoms with van der Waals surface area (Å²) in [6.07, 6.45) is 2.43. The number of aryl methyl sites for hydroxylation is 1. The molecule has 0 aliphatic heterocycles. The number of hydrogen-bond donors (Lipinski definition) is 1. The molecule has 1 aromatic heterocycles. The first-order chi connectivity index (χ1) is 11.1. The Labute approximate surface area is 139 Å². The maximum Gasteiger partial charge on any atom is 0.279 e. The molecular weight excluding hydrogens is 310 g/mol. The van der Waals surface area contributed by atoms with Gasteiger partial charge in [0.2, 0.25) is 5.91 Å². The Hall–Kier alpha value is -2.21. The second-order valence-corrected chi connectivity index (χ2v) is 6.07. The maximum atomic E-state index is 12.3. The van der Waals surface area contributed by atoms with Crippen molar-refractivity contribution in [3.8, 4) is 0 Å². The van der Waals surface area contributed by atoms with Crippen LogP contribution < -0.4 is 10.1 Å². The quantitative estimate of drug-likeness (QED) is 0.915. The van der Waals surface area contributed by atoms with E-state index >= 15 is 0 Å². The van der Waals surface area contributed by atoms with Gasteiger partial charge in [-0.1, -0.05) is 24.6 Å². The molecule has 2 rings (SSSR count). The van der Waals surface area contributed by atoms with Gasteiger partial charge in [-0.2, -0.15) is 4.99 Å². The molecule has 6 heteroatoms. The molecule has 23 heavy (non-hydrogen) atoms. The molecule has 0 bridgehead atoms. The van der Waals surface area contributed by atoms with Gasteiger partial charge in [0, 0.05) is 23.7 Å². The van der Waals surface area contributed by atoms with Crippen LogP contribution in [0.2, 0.25) is 0 Å². The van der Waals surface area contributed by atoms with Gasteiger partial charge in [-0.05, 0) is 32.4 Å². The monoisotopic (exact) mass is 331 g/mol. The zero-order valence-electron chi connectivity index (χ0n) is 13.6. The van der Waals surface area contributed by atoms with Crippen molar-refractivity contribution in [2.24, 2.45) is 4.99 Å². The SMILES string of the molecule is CCNC(=O)C(CC)n1ccsc1=NC(=O)c1ccc(C)cc1. The van der Waals surface area contributed by atoms with Gasteiger partial charge in [-0.3, -0.25) is 9.59 Å². The van der Waals surface area contributed by atoms with Crippen molar-refractivity contribution in [1.29, 1.82) is 0 Å². The van der Waals surface area contributed by atoms with Crippen molar-refractivity contribution in [3.63, 3.8) is 0 Å². The minimum absolute atomic E-state index is 0.0577. The second kappa shape index (κ2) is 7.87. The normalized spacial score (nSPS) is 12.9. The molecule has 0 fully saturated rings. The minimum atomic E-state index is -0.356. The lowest BCUT2D eigenvalue weighted by Gasteiger charge is -2.15. The van der Waals surface area contributed by atoms with Crippen molar-refractivity contribution in [2.75, 3.05) is 6.54 Å². The highest BCUT2D eigenvalue weighted by molar-refractivity contribution is 7.07. The average Bonchev–Trinajstić information content (AvgIpc) is 2.97. The summed E-state index contributed by atoms with van der Waals surface area (Å²) in [7, 11) is 0. The number of amides is 2. The fourth-order valence-corrected chi connectivity index (χ4v) is 3.01. The van der Waals surface area contributed by atoms with Crippen LogP contribution in [0.4, 0.5) is 0 Å². The number of nitrogens with zero attached hydrogens (tertiary/aromatic N) is 2. The van der Waals surface area contributed by atoms with E-state index in [9.17, 15) is 9.59 Å². The number of likely N-dealkylation sites (N-methyl/N-ethyl adjacent to an activating group) is 1. The Morgan fingerprint density at radius 1 is 1.26 bits per heavy atom. The number of carbonyl (C=O) groups excluding carboxylic acids is 2. The summed E-state index contributed by atoms with van der Waals surface area (Å²) in [5.74, 6) is -0.357. The molecule has 1 unspecified atom stereocenters. The fourth-order valence-electron chi connectivity index (χ4n) is 2.25. The standard InChI is InChI=1S/C17H21N3O2S/c1-4-14(16(22)18-5-2)20-10-11-23-17(20)19-15(21)13-8-6-12(3)7-9-13/h6-11,14H,4-5H2,1-3H3,(H,18,22). The van der Waals surface area contributed by atoms with Crippen LogP contribution in [0.15, 0.2) is 40.8 Å². The first-order valence-corrected chi connectivity index (χ1v) is 8.53. The van der Waals surface area contributed by atoms with E-state index in [-0.39, 0.29) is 17.9 Å². The average molecular weight is 331 g/mol. The molecule has 1 atom stereocenters. The molecule has 0 aliphatic carbocycles. The molecule has 0 radical (unpaired) electrons. The third-order valence-corrected chi connectivity index (χ3v) is 4.26. The molecule has 2 amide bonds. The van der Waals surface area contributed by atoms with Gasteiger partial charge in [0.1, 0.15) is 6.04 Å². The van der Waals surface area contributed by atoms with Gasteiger partial charge < -0.3 is 9.88 Å². The lowest BCUT2D eigenvalue weighted by molar-refractivity contribution is -0.124. The zero-order valence-corrected chi connectivity index (χ0v) is 14.4. The van der Waals surface area contributed by atoms with Gasteiger partial charge >= 0.3 is 0 Å². The number of hydrogen-bond acceptors (Lipinski definition) is 3. The Morgan fingerprint density at radius 3 is 2.57 bits per heavy atom. The van der Waals surface area contributed by atoms with Crippen molar-refractivity contribution >= 4 is 23.2 Å². The van der Waals surface area contributed by atoms with E-state index in [1.54, 1.807) is 22.9 Å². The summed E-state index contributed by atoms with van der Waals surface area (Å²) in [6, 6.07) is 6.94. The van der Waals surface area contributed by atoms with E-state index in [4.69, 9.17) is 0 Å². The zero-order chi connectivity index (χ0) is 16.8. The highest BCUT2D eigenvalue weighted by atomic mass is 32.1. The molecule has 122 valence electrons. The third-order valence-electron chi connectivity index (χ3n) is 3.49. The lowest BCUT2D eigenvalue weighted by Crippen LogP contribution is -2.35. The number of thiazole rings is 1. The van der Waals surface area contributed by atoms with Crippen LogP contribution in [-0.4, -0.2) is 22.9 Å². The molecule has 0 spiro atoms. The first-order valence-electron chi connectivity index (χ1n) is 7.65. The van der Waals surface area contributed by atoms with Crippen LogP contribution in [0.3, 0.4) is 0 Å². The van der Waals surface area contributed by atoms with Crippen LogP contribution in [-0.2, 0) is 4.79 Å². The molecule has 1 aromatic carbocycles. The summed E-state index contributed by atoms with van der Waals surface area (Å²) < 4.78 is 1.77. The highest BCUT2D eigenvalue weighted by Gasteiger charge is 2.18. The van der Waals surface area contributed by atoms with E-state index in [0.717, 1.165) is 5.56 Å². The van der Waals surface area contributed by atoms with Crippen molar-refractivity contribution < 1.29 is 9.59 Å². The van der Waals surface area contributed by atoms with Crippen LogP contribution in [0.1, 0.15) is 42.2 Å². The summed E-state index contributed by atoms with van der Waals surface area (Å²) in [4.78, 5) is 29.2. The molecule has 1 heterocycles. The number of benzene rings is 1. The summed E-state index contributed by atoms with van der Waals surface area (Å²) >= 11 is 1.35. The smallest absolute Gasteiger partial charge is 0.279 e. The molecule has 0 saturated carbocycles. The van der Waals surface area contributed by atoms with Crippen LogP contribution in [0, 0.1) is 6.92 Å². The molecular formula is C17H21N3O2S. The Morgan fingerprint density at radius 2 is 1.96 bits per heavy atom. The second-order valence-electron chi connectivity index (χ2n) is 5.19. The lowest BCUT2D eigenvalue weighted by atomic mass is 10.1. The largest absolute Gasteiger partial charge is 0.355 e.